The Morgan fingerprint density at radius 2 is 1.50 bits per heavy atom. The highest BCUT2D eigenvalue weighted by molar-refractivity contribution is 5.95. The average Bonchev–Trinajstić information content (AvgIpc) is 2.37. The lowest BCUT2D eigenvalue weighted by molar-refractivity contribution is -0.153. The molecular weight excluding hydrogens is 162 g/mol. The highest BCUT2D eigenvalue weighted by Crippen LogP contribution is 2.06. The van der Waals surface area contributed by atoms with Crippen molar-refractivity contribution in [3.63, 3.8) is 0 Å². The molecule has 0 aliphatic heterocycles. The first-order valence-electron chi connectivity index (χ1n) is 3.21. The summed E-state index contributed by atoms with van der Waals surface area (Å²) in [5.41, 5.74) is 0. The van der Waals surface area contributed by atoms with Gasteiger partial charge in [-0.25, -0.2) is 9.59 Å². The van der Waals surface area contributed by atoms with Crippen LogP contribution in [0.15, 0.2) is 24.5 Å². The van der Waals surface area contributed by atoms with Crippen molar-refractivity contribution in [2.24, 2.45) is 0 Å². The fraction of sp³-hybridized carbons (Fsp3) is 0.143. The van der Waals surface area contributed by atoms with Crippen molar-refractivity contribution >= 4 is 11.9 Å². The van der Waals surface area contributed by atoms with Crippen LogP contribution in [0.2, 0.25) is 0 Å². The molecular formula is C7H7NO4. The van der Waals surface area contributed by atoms with Crippen LogP contribution >= 0.6 is 0 Å². The summed E-state index contributed by atoms with van der Waals surface area (Å²) >= 11 is 0. The summed E-state index contributed by atoms with van der Waals surface area (Å²) in [7, 11) is 0. The molecule has 64 valence electrons. The van der Waals surface area contributed by atoms with Gasteiger partial charge in [0, 0.05) is 12.4 Å². The van der Waals surface area contributed by atoms with Gasteiger partial charge in [-0.1, -0.05) is 0 Å². The van der Waals surface area contributed by atoms with Gasteiger partial charge in [0.25, 0.3) is 0 Å². The SMILES string of the molecule is O=C(O)C(C(=O)O)n1cccc1. The van der Waals surface area contributed by atoms with Crippen LogP contribution in [-0.2, 0) is 9.59 Å². The van der Waals surface area contributed by atoms with Crippen molar-refractivity contribution < 1.29 is 19.8 Å². The second kappa shape index (κ2) is 3.08. The Morgan fingerprint density at radius 1 is 1.08 bits per heavy atom. The highest BCUT2D eigenvalue weighted by Gasteiger charge is 2.26. The Labute approximate surface area is 67.9 Å². The molecule has 0 aliphatic carbocycles. The van der Waals surface area contributed by atoms with E-state index in [0.29, 0.717) is 0 Å². The molecule has 1 heterocycles. The molecule has 12 heavy (non-hydrogen) atoms. The molecule has 2 N–H and O–H groups in total. The van der Waals surface area contributed by atoms with E-state index < -0.39 is 18.0 Å². The quantitative estimate of drug-likeness (QED) is 0.633. The minimum Gasteiger partial charge on any atom is -0.479 e. The molecule has 0 aliphatic rings. The molecule has 0 amide bonds. The number of nitrogens with zero attached hydrogens (tertiary/aromatic N) is 1. The predicted molar refractivity (Wildman–Crippen MR) is 38.7 cm³/mol. The fourth-order valence-electron chi connectivity index (χ4n) is 0.881. The van der Waals surface area contributed by atoms with E-state index in [0.717, 1.165) is 4.57 Å². The van der Waals surface area contributed by atoms with Gasteiger partial charge in [-0.2, -0.15) is 0 Å². The number of hydrogen-bond acceptors (Lipinski definition) is 2. The molecule has 0 aromatic carbocycles. The molecule has 0 fully saturated rings. The van der Waals surface area contributed by atoms with Gasteiger partial charge < -0.3 is 14.8 Å². The van der Waals surface area contributed by atoms with Gasteiger partial charge >= 0.3 is 11.9 Å². The predicted octanol–water partition coefficient (Wildman–Crippen LogP) is 0.198. The molecule has 5 nitrogen and oxygen atoms in total. The maximum absolute atomic E-state index is 10.4. The Balaban J connectivity index is 2.96. The number of aliphatic carboxylic acids is 2. The molecule has 1 aromatic rings. The zero-order valence-electron chi connectivity index (χ0n) is 6.04. The van der Waals surface area contributed by atoms with Crippen molar-refractivity contribution in [3.8, 4) is 0 Å². The summed E-state index contributed by atoms with van der Waals surface area (Å²) in [5, 5.41) is 17.0. The first-order valence-corrected chi connectivity index (χ1v) is 3.21. The summed E-state index contributed by atoms with van der Waals surface area (Å²) < 4.78 is 1.12. The topological polar surface area (TPSA) is 79.5 Å². The van der Waals surface area contributed by atoms with Crippen LogP contribution in [0.5, 0.6) is 0 Å². The van der Waals surface area contributed by atoms with Gasteiger partial charge in [0.2, 0.25) is 6.04 Å². The van der Waals surface area contributed by atoms with E-state index in [-0.39, 0.29) is 0 Å². The van der Waals surface area contributed by atoms with Crippen LogP contribution in [0.3, 0.4) is 0 Å². The Bertz CT molecular complexity index is 276. The minimum absolute atomic E-state index is 1.12. The minimum atomic E-state index is -1.53. The first-order chi connectivity index (χ1) is 5.63. The second-order valence-electron chi connectivity index (χ2n) is 2.21. The van der Waals surface area contributed by atoms with Crippen LogP contribution in [0, 0.1) is 0 Å². The molecule has 0 radical (unpaired) electrons. The lowest BCUT2D eigenvalue weighted by Crippen LogP contribution is -2.26. The van der Waals surface area contributed by atoms with Gasteiger partial charge in [-0.05, 0) is 12.1 Å². The van der Waals surface area contributed by atoms with Gasteiger partial charge in [0.05, 0.1) is 0 Å². The molecule has 0 bridgehead atoms. The second-order valence-corrected chi connectivity index (χ2v) is 2.21. The smallest absolute Gasteiger partial charge is 0.338 e. The van der Waals surface area contributed by atoms with E-state index in [1.807, 2.05) is 0 Å². The Morgan fingerprint density at radius 3 is 1.83 bits per heavy atom. The van der Waals surface area contributed by atoms with Gasteiger partial charge in [0.1, 0.15) is 0 Å². The van der Waals surface area contributed by atoms with E-state index in [4.69, 9.17) is 10.2 Å². The zero-order chi connectivity index (χ0) is 9.14. The maximum atomic E-state index is 10.4. The number of carbonyl (C=O) groups is 2. The van der Waals surface area contributed by atoms with Crippen LogP contribution < -0.4 is 0 Å². The summed E-state index contributed by atoms with van der Waals surface area (Å²) in [4.78, 5) is 20.9. The Kier molecular flexibility index (Phi) is 2.14. The standard InChI is InChI=1S/C7H7NO4/c9-6(10)5(7(11)12)8-3-1-2-4-8/h1-5H,(H,9,10)(H,11,12). The van der Waals surface area contributed by atoms with Gasteiger partial charge in [0.15, 0.2) is 0 Å². The molecule has 5 heteroatoms. The third-order valence-electron chi connectivity index (χ3n) is 1.39. The first kappa shape index (κ1) is 8.32. The molecule has 0 atom stereocenters. The average molecular weight is 169 g/mol. The van der Waals surface area contributed by atoms with Crippen molar-refractivity contribution in [1.82, 2.24) is 4.57 Å². The number of carboxylic acids is 2. The fourth-order valence-corrected chi connectivity index (χ4v) is 0.881. The monoisotopic (exact) mass is 169 g/mol. The van der Waals surface area contributed by atoms with Crippen molar-refractivity contribution in [2.45, 2.75) is 6.04 Å². The zero-order valence-corrected chi connectivity index (χ0v) is 6.04. The number of aromatic nitrogens is 1. The number of hydrogen-bond donors (Lipinski definition) is 2. The molecule has 0 spiro atoms. The van der Waals surface area contributed by atoms with Crippen LogP contribution in [0.1, 0.15) is 6.04 Å². The third kappa shape index (κ3) is 1.45. The third-order valence-corrected chi connectivity index (χ3v) is 1.39. The van der Waals surface area contributed by atoms with E-state index in [1.165, 1.54) is 12.4 Å². The van der Waals surface area contributed by atoms with Crippen molar-refractivity contribution in [2.75, 3.05) is 0 Å². The van der Waals surface area contributed by atoms with Crippen molar-refractivity contribution in [3.05, 3.63) is 24.5 Å². The van der Waals surface area contributed by atoms with E-state index in [1.54, 1.807) is 12.1 Å². The van der Waals surface area contributed by atoms with Crippen LogP contribution in [0.4, 0.5) is 0 Å². The molecule has 1 aromatic heterocycles. The Hall–Kier alpha value is -1.78. The maximum Gasteiger partial charge on any atom is 0.338 e. The van der Waals surface area contributed by atoms with Crippen molar-refractivity contribution in [1.29, 1.82) is 0 Å². The normalized spacial score (nSPS) is 10.1. The molecule has 1 rings (SSSR count). The summed E-state index contributed by atoms with van der Waals surface area (Å²) in [6, 6.07) is 1.61. The summed E-state index contributed by atoms with van der Waals surface area (Å²) in [6.45, 7) is 0. The lowest BCUT2D eigenvalue weighted by Gasteiger charge is -2.07. The van der Waals surface area contributed by atoms with Crippen LogP contribution in [-0.4, -0.2) is 26.7 Å². The molecule has 0 unspecified atom stereocenters. The van der Waals surface area contributed by atoms with Crippen LogP contribution in [0.25, 0.3) is 0 Å². The van der Waals surface area contributed by atoms with Gasteiger partial charge in [-0.15, -0.1) is 0 Å². The highest BCUT2D eigenvalue weighted by atomic mass is 16.4. The summed E-state index contributed by atoms with van der Waals surface area (Å²) in [6.07, 6.45) is 2.79. The van der Waals surface area contributed by atoms with E-state index >= 15 is 0 Å². The number of carboxylic acid groups (broad SMARTS) is 2. The molecule has 0 saturated heterocycles. The van der Waals surface area contributed by atoms with E-state index in [2.05, 4.69) is 0 Å². The van der Waals surface area contributed by atoms with E-state index in [9.17, 15) is 9.59 Å². The molecule has 0 saturated carbocycles. The lowest BCUT2D eigenvalue weighted by atomic mass is 10.3. The summed E-state index contributed by atoms with van der Waals surface area (Å²) in [5.74, 6) is -2.75. The largest absolute Gasteiger partial charge is 0.479 e. The number of rotatable bonds is 3. The van der Waals surface area contributed by atoms with Gasteiger partial charge in [-0.3, -0.25) is 0 Å².